The average Bonchev–Trinajstić information content (AvgIpc) is 3.53. The van der Waals surface area contributed by atoms with Crippen LogP contribution < -0.4 is 15.8 Å². The number of nitrogens with one attached hydrogen (secondary N) is 1. The number of rotatable bonds is 5. The predicted octanol–water partition coefficient (Wildman–Crippen LogP) is 2.80. The average molecular weight is 573 g/mol. The Labute approximate surface area is 241 Å². The molecular weight excluding hydrogens is 539 g/mol. The Morgan fingerprint density at radius 3 is 2.74 bits per heavy atom. The molecule has 1 aliphatic carbocycles. The summed E-state index contributed by atoms with van der Waals surface area (Å²) in [5.74, 6) is -0.00901. The van der Waals surface area contributed by atoms with Gasteiger partial charge in [0.25, 0.3) is 11.5 Å². The van der Waals surface area contributed by atoms with E-state index >= 15 is 4.39 Å². The van der Waals surface area contributed by atoms with Crippen molar-refractivity contribution < 1.29 is 14.3 Å². The highest BCUT2D eigenvalue weighted by molar-refractivity contribution is 6.06. The molecule has 0 radical (unpaired) electrons. The van der Waals surface area contributed by atoms with Crippen molar-refractivity contribution in [2.24, 2.45) is 7.05 Å². The van der Waals surface area contributed by atoms with Gasteiger partial charge in [0.1, 0.15) is 17.2 Å². The van der Waals surface area contributed by atoms with Crippen molar-refractivity contribution in [1.29, 1.82) is 0 Å². The first-order valence-electron chi connectivity index (χ1n) is 14.4. The summed E-state index contributed by atoms with van der Waals surface area (Å²) in [6, 6.07) is 5.42. The molecule has 6 heterocycles. The van der Waals surface area contributed by atoms with Crippen LogP contribution in [0.3, 0.4) is 0 Å². The van der Waals surface area contributed by atoms with Gasteiger partial charge in [-0.1, -0.05) is 0 Å². The second kappa shape index (κ2) is 10.2. The molecule has 4 aromatic heterocycles. The summed E-state index contributed by atoms with van der Waals surface area (Å²) < 4.78 is 20.7. The van der Waals surface area contributed by atoms with Crippen LogP contribution >= 0.6 is 0 Å². The van der Waals surface area contributed by atoms with Crippen LogP contribution in [-0.2, 0) is 46.1 Å². The zero-order chi connectivity index (χ0) is 29.1. The molecule has 11 nitrogen and oxygen atoms in total. The number of amides is 1. The number of aryl methyl sites for hydroxylation is 1. The number of hydrogen-bond donors (Lipinski definition) is 2. The highest BCUT2D eigenvalue weighted by Crippen LogP contribution is 2.36. The number of likely N-dealkylation sites (N-methyl/N-ethyl adjacent to an activating group) is 1. The molecule has 0 aromatic carbocycles. The maximum absolute atomic E-state index is 15.5. The highest BCUT2D eigenvalue weighted by atomic mass is 19.1. The van der Waals surface area contributed by atoms with Gasteiger partial charge in [-0.2, -0.15) is 5.10 Å². The van der Waals surface area contributed by atoms with Crippen LogP contribution in [0.15, 0.2) is 35.4 Å². The summed E-state index contributed by atoms with van der Waals surface area (Å²) in [5.41, 5.74) is 4.55. The zero-order valence-electron chi connectivity index (χ0n) is 23.7. The van der Waals surface area contributed by atoms with E-state index in [1.54, 1.807) is 31.6 Å². The molecule has 12 heteroatoms. The van der Waals surface area contributed by atoms with Crippen molar-refractivity contribution in [3.8, 4) is 11.1 Å². The Morgan fingerprint density at radius 1 is 1.07 bits per heavy atom. The van der Waals surface area contributed by atoms with Crippen molar-refractivity contribution >= 4 is 23.2 Å². The number of fused-ring (bicyclic) bond motifs is 4. The van der Waals surface area contributed by atoms with Crippen LogP contribution in [0.4, 0.5) is 21.7 Å². The largest absolute Gasteiger partial charge is 0.392 e. The number of carbonyl (C=O) groups excluding carboxylic acids is 1. The minimum Gasteiger partial charge on any atom is -0.392 e. The van der Waals surface area contributed by atoms with Gasteiger partial charge in [0.05, 0.1) is 18.8 Å². The molecule has 0 unspecified atom stereocenters. The predicted molar refractivity (Wildman–Crippen MR) is 155 cm³/mol. The van der Waals surface area contributed by atoms with Crippen LogP contribution in [0.25, 0.3) is 11.1 Å². The van der Waals surface area contributed by atoms with E-state index in [-0.39, 0.29) is 11.3 Å². The third-order valence-electron chi connectivity index (χ3n) is 8.69. The topological polar surface area (TPSA) is 113 Å². The molecule has 0 bridgehead atoms. The quantitative estimate of drug-likeness (QED) is 0.378. The van der Waals surface area contributed by atoms with Crippen LogP contribution in [0, 0.1) is 5.82 Å². The first kappa shape index (κ1) is 26.6. The molecule has 7 rings (SSSR count). The lowest BCUT2D eigenvalue weighted by Crippen LogP contribution is -2.42. The third kappa shape index (κ3) is 4.24. The van der Waals surface area contributed by atoms with Gasteiger partial charge < -0.3 is 19.6 Å². The lowest BCUT2D eigenvalue weighted by molar-refractivity contribution is 0.0958. The second-order valence-corrected chi connectivity index (χ2v) is 11.4. The first-order chi connectivity index (χ1) is 20.3. The fraction of sp³-hybridized carbons (Fsp3) is 0.400. The highest BCUT2D eigenvalue weighted by Gasteiger charge is 2.36. The van der Waals surface area contributed by atoms with Crippen LogP contribution in [0.5, 0.6) is 0 Å². The number of pyridine rings is 2. The summed E-state index contributed by atoms with van der Waals surface area (Å²) in [4.78, 5) is 35.0. The lowest BCUT2D eigenvalue weighted by atomic mass is 9.97. The number of carbonyl (C=O) groups is 1. The molecule has 0 saturated heterocycles. The van der Waals surface area contributed by atoms with Gasteiger partial charge in [-0.05, 0) is 50.4 Å². The maximum Gasteiger partial charge on any atom is 0.279 e. The molecule has 4 aromatic rings. The molecule has 42 heavy (non-hydrogen) atoms. The van der Waals surface area contributed by atoms with Gasteiger partial charge in [-0.25, -0.2) is 9.37 Å². The molecule has 0 spiro atoms. The third-order valence-corrected chi connectivity index (χ3v) is 8.69. The molecule has 0 atom stereocenters. The molecule has 2 N–H and O–H groups in total. The normalized spacial score (nSPS) is 16.8. The van der Waals surface area contributed by atoms with Crippen LogP contribution in [0.2, 0.25) is 0 Å². The van der Waals surface area contributed by atoms with Crippen molar-refractivity contribution in [2.45, 2.75) is 51.9 Å². The van der Waals surface area contributed by atoms with Gasteiger partial charge in [-0.3, -0.25) is 24.1 Å². The second-order valence-electron chi connectivity index (χ2n) is 11.4. The maximum atomic E-state index is 15.5. The molecule has 218 valence electrons. The Hall–Kier alpha value is -4.29. The van der Waals surface area contributed by atoms with Crippen molar-refractivity contribution in [2.75, 3.05) is 30.4 Å². The molecule has 2 aliphatic heterocycles. The Bertz CT molecular complexity index is 1790. The standard InChI is InChI=1S/C30H33FN8O3/c1-35-9-12-39-19(16-35)14-25(34-39)33-23-13-18(15-36(2)29(23)41)20-7-8-32-28(22(20)17-40)38-11-10-37-24-6-4-3-5-21(24)26(31)27(37)30(38)42/h7-8,13-15,40H,3-6,9-12,16-17H2,1-2H3,(H,33,34). The summed E-state index contributed by atoms with van der Waals surface area (Å²) in [5, 5.41) is 18.4. The Morgan fingerprint density at radius 2 is 1.90 bits per heavy atom. The van der Waals surface area contributed by atoms with Crippen LogP contribution in [-0.4, -0.2) is 59.9 Å². The van der Waals surface area contributed by atoms with E-state index in [4.69, 9.17) is 0 Å². The number of hydrogen-bond acceptors (Lipinski definition) is 7. The number of aromatic nitrogens is 5. The Balaban J connectivity index is 1.25. The summed E-state index contributed by atoms with van der Waals surface area (Å²) >= 11 is 0. The van der Waals surface area contributed by atoms with Gasteiger partial charge in [0, 0.05) is 74.1 Å². The van der Waals surface area contributed by atoms with Crippen molar-refractivity contribution in [1.82, 2.24) is 28.8 Å². The van der Waals surface area contributed by atoms with Gasteiger partial charge in [0.15, 0.2) is 11.6 Å². The fourth-order valence-electron chi connectivity index (χ4n) is 6.59. The van der Waals surface area contributed by atoms with E-state index in [1.807, 2.05) is 15.3 Å². The van der Waals surface area contributed by atoms with E-state index in [2.05, 4.69) is 27.3 Å². The van der Waals surface area contributed by atoms with Crippen molar-refractivity contribution in [3.63, 3.8) is 0 Å². The Kier molecular flexibility index (Phi) is 6.47. The molecule has 3 aliphatic rings. The summed E-state index contributed by atoms with van der Waals surface area (Å²) in [7, 11) is 3.72. The van der Waals surface area contributed by atoms with Gasteiger partial charge >= 0.3 is 0 Å². The molecule has 1 amide bonds. The van der Waals surface area contributed by atoms with E-state index in [0.717, 1.165) is 50.3 Å². The SMILES string of the molecule is CN1CCn2nc(Nc3cc(-c4ccnc(N5CCn6c7c(c(F)c6C5=O)CCCC7)c4CO)cn(C)c3=O)cc2C1. The van der Waals surface area contributed by atoms with E-state index < -0.39 is 18.3 Å². The smallest absolute Gasteiger partial charge is 0.279 e. The zero-order valence-corrected chi connectivity index (χ0v) is 23.7. The van der Waals surface area contributed by atoms with E-state index in [0.29, 0.717) is 59.1 Å². The van der Waals surface area contributed by atoms with Gasteiger partial charge in [0.2, 0.25) is 0 Å². The minimum atomic E-state index is -0.454. The van der Waals surface area contributed by atoms with Crippen LogP contribution in [0.1, 0.15) is 45.8 Å². The number of anilines is 3. The summed E-state index contributed by atoms with van der Waals surface area (Å²) in [6.07, 6.45) is 6.59. The molecule has 0 fully saturated rings. The lowest BCUT2D eigenvalue weighted by Gasteiger charge is -2.30. The fourth-order valence-corrected chi connectivity index (χ4v) is 6.59. The van der Waals surface area contributed by atoms with Crippen molar-refractivity contribution in [3.05, 3.63) is 75.0 Å². The first-order valence-corrected chi connectivity index (χ1v) is 14.4. The minimum absolute atomic E-state index is 0.0757. The number of aliphatic hydroxyl groups excluding tert-OH is 1. The molecule has 0 saturated carbocycles. The summed E-state index contributed by atoms with van der Waals surface area (Å²) in [6.45, 7) is 2.84. The number of aliphatic hydroxyl groups is 1. The number of halogens is 1. The number of nitrogens with zero attached hydrogens (tertiary/aromatic N) is 7. The van der Waals surface area contributed by atoms with Gasteiger partial charge in [-0.15, -0.1) is 0 Å². The van der Waals surface area contributed by atoms with E-state index in [1.165, 1.54) is 9.47 Å². The molecular formula is C30H33FN8O3. The monoisotopic (exact) mass is 572 g/mol. The van der Waals surface area contributed by atoms with E-state index in [9.17, 15) is 14.7 Å².